The van der Waals surface area contributed by atoms with Crippen LogP contribution in [0.1, 0.15) is 11.6 Å². The van der Waals surface area contributed by atoms with Crippen molar-refractivity contribution >= 4 is 27.6 Å². The van der Waals surface area contributed by atoms with Crippen molar-refractivity contribution in [3.63, 3.8) is 0 Å². The molecule has 24 heavy (non-hydrogen) atoms. The Hall–Kier alpha value is -2.09. The molecule has 2 rings (SSSR count). The van der Waals surface area contributed by atoms with E-state index < -0.39 is 22.0 Å². The van der Waals surface area contributed by atoms with Crippen LogP contribution in [0.4, 0.5) is 0 Å². The number of carbonyl (C=O) groups is 1. The maximum atomic E-state index is 12.7. The van der Waals surface area contributed by atoms with E-state index in [0.29, 0.717) is 5.56 Å². The lowest BCUT2D eigenvalue weighted by atomic mass is 10.1. The number of nitrogens with one attached hydrogen (secondary N) is 1. The van der Waals surface area contributed by atoms with Gasteiger partial charge in [0.25, 0.3) is 0 Å². The Morgan fingerprint density at radius 1 is 1.12 bits per heavy atom. The SMILES string of the molecule is COC(=O)C(NS(=O)(=O)c1cc(Cl)ccc1OC)c1ccccc1. The number of benzene rings is 2. The van der Waals surface area contributed by atoms with Crippen molar-refractivity contribution in [2.45, 2.75) is 10.9 Å². The third kappa shape index (κ3) is 4.05. The monoisotopic (exact) mass is 369 g/mol. The molecule has 1 unspecified atom stereocenters. The zero-order valence-electron chi connectivity index (χ0n) is 13.0. The van der Waals surface area contributed by atoms with Crippen molar-refractivity contribution in [1.29, 1.82) is 0 Å². The first-order valence-corrected chi connectivity index (χ1v) is 8.74. The molecule has 8 heteroatoms. The summed E-state index contributed by atoms with van der Waals surface area (Å²) >= 11 is 5.88. The summed E-state index contributed by atoms with van der Waals surface area (Å²) in [6.07, 6.45) is 0. The van der Waals surface area contributed by atoms with Crippen LogP contribution in [0.2, 0.25) is 5.02 Å². The van der Waals surface area contributed by atoms with Gasteiger partial charge in [-0.15, -0.1) is 0 Å². The highest BCUT2D eigenvalue weighted by Gasteiger charge is 2.29. The van der Waals surface area contributed by atoms with Crippen LogP contribution in [-0.2, 0) is 19.6 Å². The van der Waals surface area contributed by atoms with Gasteiger partial charge in [0.2, 0.25) is 10.0 Å². The van der Waals surface area contributed by atoms with Gasteiger partial charge in [-0.1, -0.05) is 41.9 Å². The molecule has 0 spiro atoms. The molecule has 0 aliphatic carbocycles. The van der Waals surface area contributed by atoms with Crippen molar-refractivity contribution in [3.8, 4) is 5.75 Å². The summed E-state index contributed by atoms with van der Waals surface area (Å²) in [4.78, 5) is 11.9. The van der Waals surface area contributed by atoms with E-state index in [0.717, 1.165) is 0 Å². The average molecular weight is 370 g/mol. The van der Waals surface area contributed by atoms with Crippen molar-refractivity contribution < 1.29 is 22.7 Å². The van der Waals surface area contributed by atoms with Crippen LogP contribution in [0.15, 0.2) is 53.4 Å². The Labute approximate surface area is 145 Å². The number of sulfonamides is 1. The molecule has 2 aromatic rings. The van der Waals surface area contributed by atoms with Crippen LogP contribution in [0.3, 0.4) is 0 Å². The highest BCUT2D eigenvalue weighted by Crippen LogP contribution is 2.28. The summed E-state index contributed by atoms with van der Waals surface area (Å²) in [5.74, 6) is -0.616. The fourth-order valence-electron chi connectivity index (χ4n) is 2.09. The molecule has 0 saturated heterocycles. The maximum absolute atomic E-state index is 12.7. The maximum Gasteiger partial charge on any atom is 0.328 e. The van der Waals surface area contributed by atoms with E-state index in [-0.39, 0.29) is 15.7 Å². The molecule has 1 atom stereocenters. The Kier molecular flexibility index (Phi) is 5.82. The number of hydrogen-bond donors (Lipinski definition) is 1. The van der Waals surface area contributed by atoms with E-state index in [1.54, 1.807) is 30.3 Å². The molecule has 0 aliphatic heterocycles. The molecule has 1 N–H and O–H groups in total. The molecular weight excluding hydrogens is 354 g/mol. The second-order valence-corrected chi connectivity index (χ2v) is 6.90. The van der Waals surface area contributed by atoms with Crippen LogP contribution >= 0.6 is 11.6 Å². The molecule has 2 aromatic carbocycles. The molecule has 6 nitrogen and oxygen atoms in total. The number of halogens is 1. The molecule has 0 amide bonds. The van der Waals surface area contributed by atoms with Crippen LogP contribution in [0.5, 0.6) is 5.75 Å². The lowest BCUT2D eigenvalue weighted by Crippen LogP contribution is -2.34. The molecule has 0 aromatic heterocycles. The van der Waals surface area contributed by atoms with Crippen molar-refractivity contribution in [2.75, 3.05) is 14.2 Å². The number of hydrogen-bond acceptors (Lipinski definition) is 5. The van der Waals surface area contributed by atoms with Gasteiger partial charge in [0.1, 0.15) is 16.7 Å². The Bertz CT molecular complexity index is 824. The van der Waals surface area contributed by atoms with Crippen molar-refractivity contribution in [1.82, 2.24) is 4.72 Å². The zero-order valence-corrected chi connectivity index (χ0v) is 14.6. The summed E-state index contributed by atoms with van der Waals surface area (Å²) in [6.45, 7) is 0. The van der Waals surface area contributed by atoms with Gasteiger partial charge in [-0.05, 0) is 23.8 Å². The van der Waals surface area contributed by atoms with Crippen molar-refractivity contribution in [3.05, 3.63) is 59.1 Å². The molecule has 128 valence electrons. The van der Waals surface area contributed by atoms with E-state index in [1.165, 1.54) is 32.4 Å². The third-order valence-electron chi connectivity index (χ3n) is 3.26. The third-order valence-corrected chi connectivity index (χ3v) is 4.94. The fraction of sp³-hybridized carbons (Fsp3) is 0.188. The minimum atomic E-state index is -4.09. The van der Waals surface area contributed by atoms with Gasteiger partial charge in [-0.3, -0.25) is 0 Å². The lowest BCUT2D eigenvalue weighted by molar-refractivity contribution is -0.142. The minimum absolute atomic E-state index is 0.114. The number of esters is 1. The summed E-state index contributed by atoms with van der Waals surface area (Å²) < 4.78 is 37.5. The lowest BCUT2D eigenvalue weighted by Gasteiger charge is -2.18. The minimum Gasteiger partial charge on any atom is -0.495 e. The second-order valence-electron chi connectivity index (χ2n) is 4.78. The van der Waals surface area contributed by atoms with Crippen LogP contribution < -0.4 is 9.46 Å². The molecule has 0 bridgehead atoms. The largest absolute Gasteiger partial charge is 0.495 e. The molecule has 0 aliphatic rings. The number of rotatable bonds is 6. The van der Waals surface area contributed by atoms with Crippen LogP contribution in [0, 0.1) is 0 Å². The highest BCUT2D eigenvalue weighted by molar-refractivity contribution is 7.89. The van der Waals surface area contributed by atoms with Gasteiger partial charge < -0.3 is 9.47 Å². The molecule has 0 heterocycles. The van der Waals surface area contributed by atoms with Gasteiger partial charge >= 0.3 is 5.97 Å². The van der Waals surface area contributed by atoms with E-state index in [9.17, 15) is 13.2 Å². The Morgan fingerprint density at radius 3 is 2.38 bits per heavy atom. The molecule has 0 saturated carbocycles. The average Bonchev–Trinajstić information content (AvgIpc) is 2.59. The van der Waals surface area contributed by atoms with Gasteiger partial charge in [-0.2, -0.15) is 4.72 Å². The number of carbonyl (C=O) groups excluding carboxylic acids is 1. The van der Waals surface area contributed by atoms with Gasteiger partial charge in [0, 0.05) is 5.02 Å². The predicted molar refractivity (Wildman–Crippen MR) is 89.5 cm³/mol. The zero-order chi connectivity index (χ0) is 17.7. The smallest absolute Gasteiger partial charge is 0.328 e. The topological polar surface area (TPSA) is 81.7 Å². The first kappa shape index (κ1) is 18.3. The number of methoxy groups -OCH3 is 2. The molecular formula is C16H16ClNO5S. The highest BCUT2D eigenvalue weighted by atomic mass is 35.5. The van der Waals surface area contributed by atoms with Gasteiger partial charge in [0.15, 0.2) is 0 Å². The fourth-order valence-corrected chi connectivity index (χ4v) is 3.70. The molecule has 0 fully saturated rings. The van der Waals surface area contributed by atoms with Crippen LogP contribution in [-0.4, -0.2) is 28.6 Å². The van der Waals surface area contributed by atoms with E-state index in [1.807, 2.05) is 0 Å². The summed E-state index contributed by atoms with van der Waals surface area (Å²) in [5.41, 5.74) is 0.453. The Morgan fingerprint density at radius 2 is 1.79 bits per heavy atom. The standard InChI is InChI=1S/C16H16ClNO5S/c1-22-13-9-8-12(17)10-14(13)24(20,21)18-15(16(19)23-2)11-6-4-3-5-7-11/h3-10,15,18H,1-2H3. The van der Waals surface area contributed by atoms with Gasteiger partial charge in [0.05, 0.1) is 14.2 Å². The molecule has 0 radical (unpaired) electrons. The van der Waals surface area contributed by atoms with Crippen molar-refractivity contribution in [2.24, 2.45) is 0 Å². The Balaban J connectivity index is 2.45. The number of ether oxygens (including phenoxy) is 2. The predicted octanol–water partition coefficient (Wildman–Crippen LogP) is 2.54. The summed E-state index contributed by atoms with van der Waals surface area (Å²) in [6, 6.07) is 11.4. The normalized spacial score (nSPS) is 12.5. The first-order valence-electron chi connectivity index (χ1n) is 6.87. The van der Waals surface area contributed by atoms with E-state index in [4.69, 9.17) is 21.1 Å². The van der Waals surface area contributed by atoms with Crippen LogP contribution in [0.25, 0.3) is 0 Å². The summed E-state index contributed by atoms with van der Waals surface area (Å²) in [5, 5.41) is 0.227. The second kappa shape index (κ2) is 7.65. The first-order chi connectivity index (χ1) is 11.4. The van der Waals surface area contributed by atoms with Gasteiger partial charge in [-0.25, -0.2) is 13.2 Å². The quantitative estimate of drug-likeness (QED) is 0.791. The summed E-state index contributed by atoms with van der Waals surface area (Å²) in [7, 11) is -1.56. The van der Waals surface area contributed by atoms with E-state index >= 15 is 0 Å². The van der Waals surface area contributed by atoms with E-state index in [2.05, 4.69) is 4.72 Å².